The fourth-order valence-corrected chi connectivity index (χ4v) is 3.04. The first-order valence-corrected chi connectivity index (χ1v) is 10.3. The molecule has 0 aliphatic rings. The highest BCUT2D eigenvalue weighted by Crippen LogP contribution is 2.30. The Bertz CT molecular complexity index is 641. The van der Waals surface area contributed by atoms with Crippen molar-refractivity contribution in [2.24, 2.45) is 0 Å². The van der Waals surface area contributed by atoms with Crippen LogP contribution in [0.15, 0.2) is 60.2 Å². The maximum Gasteiger partial charge on any atom is 0.319 e. The van der Waals surface area contributed by atoms with Crippen LogP contribution >= 0.6 is 11.8 Å². The van der Waals surface area contributed by atoms with Crippen molar-refractivity contribution in [3.8, 4) is 0 Å². The van der Waals surface area contributed by atoms with E-state index in [9.17, 15) is 4.79 Å². The summed E-state index contributed by atoms with van der Waals surface area (Å²) in [5, 5.41) is 16.9. The van der Waals surface area contributed by atoms with E-state index >= 15 is 0 Å². The maximum absolute atomic E-state index is 10.5. The van der Waals surface area contributed by atoms with Gasteiger partial charge in [-0.05, 0) is 63.0 Å². The van der Waals surface area contributed by atoms with Gasteiger partial charge in [-0.25, -0.2) is 0 Å². The molecule has 0 saturated heterocycles. The molecule has 1 atom stereocenters. The topological polar surface area (TPSA) is 57.5 Å². The smallest absolute Gasteiger partial charge is 0.319 e. The van der Waals surface area contributed by atoms with E-state index in [1.54, 1.807) is 40.7 Å². The van der Waals surface area contributed by atoms with E-state index in [0.717, 1.165) is 4.91 Å². The highest BCUT2D eigenvalue weighted by Gasteiger charge is 2.27. The zero-order chi connectivity index (χ0) is 22.3. The van der Waals surface area contributed by atoms with Crippen molar-refractivity contribution >= 4 is 17.7 Å². The van der Waals surface area contributed by atoms with Gasteiger partial charge in [0, 0.05) is 0 Å². The lowest BCUT2D eigenvalue weighted by Gasteiger charge is -2.17. The van der Waals surface area contributed by atoms with Gasteiger partial charge in [-0.15, -0.1) is 18.3 Å². The third-order valence-electron chi connectivity index (χ3n) is 3.78. The zero-order valence-corrected chi connectivity index (χ0v) is 19.4. The molecule has 0 fully saturated rings. The van der Waals surface area contributed by atoms with Gasteiger partial charge in [0.05, 0.1) is 5.76 Å². The fraction of sp³-hybridized carbons (Fsp3) is 0.458. The lowest BCUT2D eigenvalue weighted by atomic mass is 9.94. The Balaban J connectivity index is 0. The highest BCUT2D eigenvalue weighted by atomic mass is 32.2. The Morgan fingerprint density at radius 1 is 1.25 bits per heavy atom. The SMILES string of the molecule is C/C=C(\C)O.C=C(C)SC(C)(C)C(=O)O.C=CC(C)c1ccccc1CCC. The van der Waals surface area contributed by atoms with Gasteiger partial charge < -0.3 is 10.2 Å². The number of carbonyl (C=O) groups is 1. The molecule has 0 aliphatic carbocycles. The van der Waals surface area contributed by atoms with Crippen molar-refractivity contribution in [3.05, 3.63) is 71.4 Å². The second-order valence-corrected chi connectivity index (χ2v) is 8.94. The van der Waals surface area contributed by atoms with Gasteiger partial charge in [0.1, 0.15) is 4.75 Å². The number of aliphatic carboxylic acids is 1. The number of aryl methyl sites for hydroxylation is 1. The van der Waals surface area contributed by atoms with Gasteiger partial charge in [0.2, 0.25) is 0 Å². The molecular weight excluding hydrogens is 368 g/mol. The number of aliphatic hydroxyl groups is 1. The van der Waals surface area contributed by atoms with Gasteiger partial charge in [0.25, 0.3) is 0 Å². The molecule has 0 aromatic heterocycles. The Hall–Kier alpha value is -1.94. The molecule has 0 aliphatic heterocycles. The number of allylic oxidation sites excluding steroid dienone is 4. The van der Waals surface area contributed by atoms with Gasteiger partial charge in [-0.1, -0.05) is 63.3 Å². The summed E-state index contributed by atoms with van der Waals surface area (Å²) in [6, 6.07) is 8.65. The van der Waals surface area contributed by atoms with Crippen molar-refractivity contribution in [2.75, 3.05) is 0 Å². The molecule has 1 unspecified atom stereocenters. The summed E-state index contributed by atoms with van der Waals surface area (Å²) >= 11 is 1.27. The highest BCUT2D eigenvalue weighted by molar-refractivity contribution is 8.04. The van der Waals surface area contributed by atoms with Crippen LogP contribution in [0.25, 0.3) is 0 Å². The number of thioether (sulfide) groups is 1. The van der Waals surface area contributed by atoms with E-state index in [1.165, 1.54) is 35.7 Å². The monoisotopic (exact) mass is 406 g/mol. The van der Waals surface area contributed by atoms with Crippen molar-refractivity contribution in [1.82, 2.24) is 0 Å². The molecule has 1 aromatic rings. The van der Waals surface area contributed by atoms with Crippen LogP contribution in [-0.2, 0) is 11.2 Å². The average molecular weight is 407 g/mol. The van der Waals surface area contributed by atoms with Crippen molar-refractivity contribution in [3.63, 3.8) is 0 Å². The quantitative estimate of drug-likeness (QED) is 0.363. The van der Waals surface area contributed by atoms with Crippen molar-refractivity contribution in [1.29, 1.82) is 0 Å². The number of carboxylic acids is 1. The summed E-state index contributed by atoms with van der Waals surface area (Å²) in [5.41, 5.74) is 2.90. The minimum Gasteiger partial charge on any atom is -0.513 e. The van der Waals surface area contributed by atoms with Crippen LogP contribution in [0.1, 0.15) is 71.9 Å². The molecule has 0 spiro atoms. The molecule has 1 rings (SSSR count). The van der Waals surface area contributed by atoms with Crippen LogP contribution in [0.5, 0.6) is 0 Å². The molecule has 2 N–H and O–H groups in total. The number of benzene rings is 1. The molecule has 0 saturated carbocycles. The number of hydrogen-bond acceptors (Lipinski definition) is 3. The number of carboxylic acid groups (broad SMARTS) is 1. The first-order chi connectivity index (χ1) is 12.9. The van der Waals surface area contributed by atoms with E-state index in [-0.39, 0.29) is 0 Å². The minimum atomic E-state index is -0.805. The normalized spacial score (nSPS) is 11.9. The first-order valence-electron chi connectivity index (χ1n) is 9.52. The summed E-state index contributed by atoms with van der Waals surface area (Å²) in [7, 11) is 0. The minimum absolute atomic E-state index is 0.380. The molecule has 0 bridgehead atoms. The molecule has 0 radical (unpaired) electrons. The fourth-order valence-electron chi connectivity index (χ4n) is 2.08. The van der Waals surface area contributed by atoms with Crippen LogP contribution < -0.4 is 0 Å². The van der Waals surface area contributed by atoms with Gasteiger partial charge in [0.15, 0.2) is 0 Å². The largest absolute Gasteiger partial charge is 0.513 e. The lowest BCUT2D eigenvalue weighted by molar-refractivity contribution is -0.138. The first kappa shape index (κ1) is 28.3. The Morgan fingerprint density at radius 2 is 1.75 bits per heavy atom. The van der Waals surface area contributed by atoms with Crippen molar-refractivity contribution < 1.29 is 15.0 Å². The molecule has 0 amide bonds. The van der Waals surface area contributed by atoms with E-state index < -0.39 is 10.7 Å². The molecule has 158 valence electrons. The van der Waals surface area contributed by atoms with E-state index in [2.05, 4.69) is 51.3 Å². The van der Waals surface area contributed by atoms with Crippen LogP contribution in [0.3, 0.4) is 0 Å². The molecule has 3 nitrogen and oxygen atoms in total. The van der Waals surface area contributed by atoms with E-state index in [0.29, 0.717) is 11.7 Å². The Kier molecular flexibility index (Phi) is 15.2. The summed E-state index contributed by atoms with van der Waals surface area (Å²) in [6.45, 7) is 20.4. The Labute approximate surface area is 176 Å². The molecule has 0 heterocycles. The number of rotatable bonds is 7. The van der Waals surface area contributed by atoms with Crippen molar-refractivity contribution in [2.45, 2.75) is 72.0 Å². The molecule has 28 heavy (non-hydrogen) atoms. The van der Waals surface area contributed by atoms with Gasteiger partial charge >= 0.3 is 5.97 Å². The van der Waals surface area contributed by atoms with E-state index in [1.807, 2.05) is 6.08 Å². The average Bonchev–Trinajstić information content (AvgIpc) is 2.61. The molecule has 1 aromatic carbocycles. The number of aliphatic hydroxyl groups excluding tert-OH is 1. The van der Waals surface area contributed by atoms with Crippen LogP contribution in [0.4, 0.5) is 0 Å². The van der Waals surface area contributed by atoms with Gasteiger partial charge in [-0.2, -0.15) is 0 Å². The maximum atomic E-state index is 10.5. The van der Waals surface area contributed by atoms with Crippen LogP contribution in [-0.4, -0.2) is 20.9 Å². The summed E-state index contributed by atoms with van der Waals surface area (Å²) in [5.74, 6) is 0.0493. The molecular formula is C24H38O3S. The predicted octanol–water partition coefficient (Wildman–Crippen LogP) is 7.51. The van der Waals surface area contributed by atoms with Gasteiger partial charge in [-0.3, -0.25) is 4.79 Å². The second kappa shape index (κ2) is 15.0. The van der Waals surface area contributed by atoms with Crippen LogP contribution in [0, 0.1) is 0 Å². The summed E-state index contributed by atoms with van der Waals surface area (Å²) in [6.07, 6.45) is 6.03. The van der Waals surface area contributed by atoms with Crippen LogP contribution in [0.2, 0.25) is 0 Å². The third-order valence-corrected chi connectivity index (χ3v) is 4.81. The second-order valence-electron chi connectivity index (χ2n) is 7.02. The number of hydrogen-bond donors (Lipinski definition) is 2. The standard InChI is InChI=1S/C13H18.C7H12O2S.C4H8O/c1-4-8-12-9-6-7-10-13(12)11(3)5-2;1-5(2)10-7(3,4)6(8)9;1-3-4(2)5/h5-7,9-11H,2,4,8H2,1,3H3;1H2,2-4H3,(H,8,9);3,5H,1-2H3/b;;4-3+. The Morgan fingerprint density at radius 3 is 2.07 bits per heavy atom. The van der Waals surface area contributed by atoms with E-state index in [4.69, 9.17) is 10.2 Å². The zero-order valence-electron chi connectivity index (χ0n) is 18.6. The summed E-state index contributed by atoms with van der Waals surface area (Å²) in [4.78, 5) is 11.3. The molecule has 4 heteroatoms. The predicted molar refractivity (Wildman–Crippen MR) is 125 cm³/mol. The third kappa shape index (κ3) is 13.3. The summed E-state index contributed by atoms with van der Waals surface area (Å²) < 4.78 is -0.744. The lowest BCUT2D eigenvalue weighted by Crippen LogP contribution is -2.26.